The maximum absolute atomic E-state index is 12.8. The first-order chi connectivity index (χ1) is 16.4. The van der Waals surface area contributed by atoms with Crippen molar-refractivity contribution in [2.45, 2.75) is 48.6 Å². The smallest absolute Gasteiger partial charge is 0.180 e. The number of aromatic nitrogens is 4. The maximum atomic E-state index is 12.8. The molecule has 3 N–H and O–H groups in total. The minimum absolute atomic E-state index is 0.0390. The molecule has 2 bridgehead atoms. The number of fused-ring (bicyclic) bond motifs is 3. The Balaban J connectivity index is 1.48. The highest BCUT2D eigenvalue weighted by Crippen LogP contribution is 2.41. The average molecular weight is 475 g/mol. The Kier molecular flexibility index (Phi) is 4.93. The molecule has 1 aromatic carbocycles. The number of rotatable bonds is 4. The Morgan fingerprint density at radius 2 is 1.74 bits per heavy atom. The van der Waals surface area contributed by atoms with Crippen LogP contribution in [0.2, 0.25) is 0 Å². The lowest BCUT2D eigenvalue weighted by molar-refractivity contribution is 0.355. The van der Waals surface area contributed by atoms with Crippen LogP contribution in [0, 0.1) is 0 Å². The van der Waals surface area contributed by atoms with E-state index in [0.29, 0.717) is 23.4 Å². The number of pyridine rings is 1. The lowest BCUT2D eigenvalue weighted by Gasteiger charge is -2.30. The summed E-state index contributed by atoms with van der Waals surface area (Å²) in [6, 6.07) is 14.7. The molecule has 2 aliphatic rings. The number of anilines is 1. The molecular formula is C25H26N6O2S. The summed E-state index contributed by atoms with van der Waals surface area (Å²) in [5.41, 5.74) is 11.1. The van der Waals surface area contributed by atoms with Gasteiger partial charge in [-0.15, -0.1) is 0 Å². The Morgan fingerprint density at radius 1 is 1.00 bits per heavy atom. The van der Waals surface area contributed by atoms with Crippen molar-refractivity contribution in [1.29, 1.82) is 0 Å². The molecule has 0 amide bonds. The van der Waals surface area contributed by atoms with E-state index in [0.717, 1.165) is 48.1 Å². The highest BCUT2D eigenvalue weighted by Gasteiger charge is 2.38. The lowest BCUT2D eigenvalue weighted by atomic mass is 9.89. The zero-order valence-electron chi connectivity index (χ0n) is 18.8. The van der Waals surface area contributed by atoms with Crippen molar-refractivity contribution >= 4 is 21.3 Å². The molecule has 9 heteroatoms. The molecule has 34 heavy (non-hydrogen) atoms. The minimum atomic E-state index is -3.59. The van der Waals surface area contributed by atoms with Crippen molar-refractivity contribution in [3.05, 3.63) is 60.6 Å². The van der Waals surface area contributed by atoms with Crippen molar-refractivity contribution in [3.63, 3.8) is 0 Å². The third-order valence-electron chi connectivity index (χ3n) is 7.04. The Hall–Kier alpha value is -3.30. The zero-order chi connectivity index (χ0) is 23.4. The number of sulfone groups is 1. The Bertz CT molecular complexity index is 1470. The molecule has 0 spiro atoms. The van der Waals surface area contributed by atoms with Gasteiger partial charge in [0.2, 0.25) is 0 Å². The van der Waals surface area contributed by atoms with Gasteiger partial charge in [0.1, 0.15) is 10.7 Å². The molecule has 4 aromatic rings. The third kappa shape index (κ3) is 3.56. The third-order valence-corrected chi connectivity index (χ3v) is 8.20. The van der Waals surface area contributed by atoms with Gasteiger partial charge < -0.3 is 11.1 Å². The molecule has 3 aromatic heterocycles. The number of hydrogen-bond acceptors (Lipinski definition) is 7. The SMILES string of the molecule is CS(=O)(=O)c1c(C2CC3CCC(C2)N3)nc2c(-c3ccc(-c4ccccc4)nc3)cnn2c1N. The molecule has 8 nitrogen and oxygen atoms in total. The second kappa shape index (κ2) is 7.89. The van der Waals surface area contributed by atoms with Gasteiger partial charge in [-0.2, -0.15) is 9.61 Å². The standard InChI is InChI=1S/C25H26N6O2S/c1-34(32,33)23-22(17-11-18-8-9-19(12-17)29-18)30-25-20(14-28-31(25)24(23)26)16-7-10-21(27-13-16)15-5-3-2-4-6-15/h2-7,10,13-14,17-19,29H,8-9,11-12,26H2,1H3. The van der Waals surface area contributed by atoms with Crippen LogP contribution in [0.5, 0.6) is 0 Å². The van der Waals surface area contributed by atoms with Crippen LogP contribution < -0.4 is 11.1 Å². The first-order valence-electron chi connectivity index (χ1n) is 11.5. The van der Waals surface area contributed by atoms with Gasteiger partial charge in [-0.05, 0) is 31.7 Å². The molecule has 0 aliphatic carbocycles. The number of nitrogens with one attached hydrogen (secondary N) is 1. The summed E-state index contributed by atoms with van der Waals surface area (Å²) in [6.07, 6.45) is 8.62. The van der Waals surface area contributed by atoms with E-state index in [2.05, 4.69) is 15.4 Å². The van der Waals surface area contributed by atoms with Gasteiger partial charge in [-0.1, -0.05) is 36.4 Å². The fourth-order valence-corrected chi connectivity index (χ4v) is 6.55. The van der Waals surface area contributed by atoms with E-state index < -0.39 is 9.84 Å². The molecule has 2 aliphatic heterocycles. The quantitative estimate of drug-likeness (QED) is 0.465. The van der Waals surface area contributed by atoms with Crippen molar-refractivity contribution in [2.75, 3.05) is 12.0 Å². The van der Waals surface area contributed by atoms with Gasteiger partial charge in [0.15, 0.2) is 15.5 Å². The minimum Gasteiger partial charge on any atom is -0.382 e. The van der Waals surface area contributed by atoms with Crippen LogP contribution in [0.15, 0.2) is 59.8 Å². The first kappa shape index (κ1) is 21.2. The van der Waals surface area contributed by atoms with Crippen molar-refractivity contribution in [3.8, 4) is 22.4 Å². The zero-order valence-corrected chi connectivity index (χ0v) is 19.7. The predicted molar refractivity (Wildman–Crippen MR) is 131 cm³/mol. The van der Waals surface area contributed by atoms with Crippen LogP contribution in [-0.2, 0) is 9.84 Å². The van der Waals surface area contributed by atoms with E-state index >= 15 is 0 Å². The van der Waals surface area contributed by atoms with Gasteiger partial charge in [0.25, 0.3) is 0 Å². The normalized spacial score (nSPS) is 22.3. The molecule has 174 valence electrons. The summed E-state index contributed by atoms with van der Waals surface area (Å²) in [5.74, 6) is 0.158. The van der Waals surface area contributed by atoms with Crippen LogP contribution in [0.4, 0.5) is 5.82 Å². The van der Waals surface area contributed by atoms with Gasteiger partial charge in [-0.25, -0.2) is 13.4 Å². The van der Waals surface area contributed by atoms with E-state index in [-0.39, 0.29) is 16.6 Å². The van der Waals surface area contributed by atoms with Gasteiger partial charge in [-0.3, -0.25) is 4.98 Å². The largest absolute Gasteiger partial charge is 0.382 e. The van der Waals surface area contributed by atoms with E-state index in [4.69, 9.17) is 10.7 Å². The summed E-state index contributed by atoms with van der Waals surface area (Å²) in [7, 11) is -3.59. The molecule has 2 saturated heterocycles. The van der Waals surface area contributed by atoms with E-state index in [1.807, 2.05) is 42.5 Å². The fraction of sp³-hybridized carbons (Fsp3) is 0.320. The van der Waals surface area contributed by atoms with Gasteiger partial charge >= 0.3 is 0 Å². The van der Waals surface area contributed by atoms with Crippen LogP contribution in [0.1, 0.15) is 37.3 Å². The number of nitrogen functional groups attached to an aromatic ring is 1. The maximum Gasteiger partial charge on any atom is 0.180 e. The van der Waals surface area contributed by atoms with Crippen LogP contribution >= 0.6 is 0 Å². The van der Waals surface area contributed by atoms with E-state index in [1.165, 1.54) is 10.8 Å². The predicted octanol–water partition coefficient (Wildman–Crippen LogP) is 3.44. The van der Waals surface area contributed by atoms with Crippen molar-refractivity contribution < 1.29 is 8.42 Å². The second-order valence-electron chi connectivity index (χ2n) is 9.38. The van der Waals surface area contributed by atoms with Crippen LogP contribution in [0.25, 0.3) is 28.0 Å². The van der Waals surface area contributed by atoms with E-state index in [9.17, 15) is 8.42 Å². The fourth-order valence-electron chi connectivity index (χ4n) is 5.49. The highest BCUT2D eigenvalue weighted by atomic mass is 32.2. The second-order valence-corrected chi connectivity index (χ2v) is 11.3. The van der Waals surface area contributed by atoms with Crippen molar-refractivity contribution in [1.82, 2.24) is 24.9 Å². The average Bonchev–Trinajstić information content (AvgIpc) is 3.41. The number of nitrogens with two attached hydrogens (primary N) is 1. The lowest BCUT2D eigenvalue weighted by Crippen LogP contribution is -2.38. The molecule has 0 saturated carbocycles. The first-order valence-corrected chi connectivity index (χ1v) is 13.4. The van der Waals surface area contributed by atoms with Crippen molar-refractivity contribution in [2.24, 2.45) is 0 Å². The highest BCUT2D eigenvalue weighted by molar-refractivity contribution is 7.91. The molecular weight excluding hydrogens is 448 g/mol. The van der Waals surface area contributed by atoms with Crippen LogP contribution in [-0.4, -0.2) is 46.3 Å². The Morgan fingerprint density at radius 3 is 2.38 bits per heavy atom. The number of benzene rings is 1. The Labute approximate surface area is 198 Å². The summed E-state index contributed by atoms with van der Waals surface area (Å²) < 4.78 is 27.0. The molecule has 2 atom stereocenters. The van der Waals surface area contributed by atoms with Crippen LogP contribution in [0.3, 0.4) is 0 Å². The number of piperidine rings is 1. The summed E-state index contributed by atoms with van der Waals surface area (Å²) in [6.45, 7) is 0. The number of hydrogen-bond donors (Lipinski definition) is 2. The monoisotopic (exact) mass is 474 g/mol. The van der Waals surface area contributed by atoms with Gasteiger partial charge in [0, 0.05) is 47.1 Å². The molecule has 2 unspecified atom stereocenters. The summed E-state index contributed by atoms with van der Waals surface area (Å²) in [5, 5.41) is 8.02. The van der Waals surface area contributed by atoms with Gasteiger partial charge in [0.05, 0.1) is 17.6 Å². The molecule has 2 fully saturated rings. The topological polar surface area (TPSA) is 115 Å². The molecule has 0 radical (unpaired) electrons. The summed E-state index contributed by atoms with van der Waals surface area (Å²) >= 11 is 0. The molecule has 6 rings (SSSR count). The van der Waals surface area contributed by atoms with E-state index in [1.54, 1.807) is 12.4 Å². The number of nitrogens with zero attached hydrogens (tertiary/aromatic N) is 4. The summed E-state index contributed by atoms with van der Waals surface area (Å²) in [4.78, 5) is 9.67. The molecule has 5 heterocycles.